The first-order valence-electron chi connectivity index (χ1n) is 6.36. The third-order valence-electron chi connectivity index (χ3n) is 2.78. The Morgan fingerprint density at radius 1 is 1.09 bits per heavy atom. The Balaban J connectivity index is 0.000000131. The average Bonchev–Trinajstić information content (AvgIpc) is 3.01. The van der Waals surface area contributed by atoms with E-state index in [0.717, 1.165) is 35.2 Å². The van der Waals surface area contributed by atoms with Crippen molar-refractivity contribution in [2.24, 2.45) is 0 Å². The Hall–Kier alpha value is -1.83. The van der Waals surface area contributed by atoms with Crippen LogP contribution in [0.25, 0.3) is 20.4 Å². The molecule has 0 fully saturated rings. The minimum Gasteiger partial charge on any atom is -0.619 e. The van der Waals surface area contributed by atoms with Crippen LogP contribution < -0.4 is 4.73 Å². The SMILES string of the molecule is Cc1nc2c(Cl)nccc2s1.Cc1nc2c[n+]([O-])ccc2s1. The van der Waals surface area contributed by atoms with E-state index in [0.29, 0.717) is 5.15 Å². The van der Waals surface area contributed by atoms with Crippen LogP contribution >= 0.6 is 34.3 Å². The Labute approximate surface area is 139 Å². The molecule has 0 bridgehead atoms. The number of halogens is 1. The number of hydrogen-bond acceptors (Lipinski definition) is 6. The lowest BCUT2D eigenvalue weighted by atomic mass is 10.4. The highest BCUT2D eigenvalue weighted by molar-refractivity contribution is 7.18. The zero-order valence-electron chi connectivity index (χ0n) is 11.8. The molecule has 0 unspecified atom stereocenters. The van der Waals surface area contributed by atoms with Gasteiger partial charge in [-0.15, -0.1) is 22.7 Å². The number of aromatic nitrogens is 4. The Kier molecular flexibility index (Phi) is 4.19. The van der Waals surface area contributed by atoms with E-state index < -0.39 is 0 Å². The molecule has 5 nitrogen and oxygen atoms in total. The summed E-state index contributed by atoms with van der Waals surface area (Å²) in [5, 5.41) is 13.3. The molecule has 4 aromatic rings. The molecule has 0 aromatic carbocycles. The van der Waals surface area contributed by atoms with Crippen molar-refractivity contribution in [3.63, 3.8) is 0 Å². The van der Waals surface area contributed by atoms with Crippen LogP contribution in [-0.2, 0) is 0 Å². The molecule has 0 spiro atoms. The first-order valence-corrected chi connectivity index (χ1v) is 8.37. The maximum absolute atomic E-state index is 10.8. The van der Waals surface area contributed by atoms with Crippen molar-refractivity contribution in [1.29, 1.82) is 0 Å². The lowest BCUT2D eigenvalue weighted by Crippen LogP contribution is -2.23. The first kappa shape index (κ1) is 15.1. The van der Waals surface area contributed by atoms with Crippen LogP contribution in [0, 0.1) is 19.1 Å². The van der Waals surface area contributed by atoms with Crippen molar-refractivity contribution in [2.45, 2.75) is 13.8 Å². The summed E-state index contributed by atoms with van der Waals surface area (Å²) in [6.07, 6.45) is 4.67. The third-order valence-corrected chi connectivity index (χ3v) is 4.94. The van der Waals surface area contributed by atoms with Gasteiger partial charge in [-0.2, -0.15) is 4.73 Å². The highest BCUT2D eigenvalue weighted by atomic mass is 35.5. The van der Waals surface area contributed by atoms with Crippen LogP contribution in [0.5, 0.6) is 0 Å². The Morgan fingerprint density at radius 3 is 2.59 bits per heavy atom. The fourth-order valence-electron chi connectivity index (χ4n) is 1.91. The van der Waals surface area contributed by atoms with Crippen molar-refractivity contribution in [1.82, 2.24) is 15.0 Å². The molecule has 4 rings (SSSR count). The molecule has 112 valence electrons. The van der Waals surface area contributed by atoms with Gasteiger partial charge < -0.3 is 5.21 Å². The molecular weight excluding hydrogens is 340 g/mol. The molecule has 0 saturated heterocycles. The van der Waals surface area contributed by atoms with Gasteiger partial charge >= 0.3 is 0 Å². The summed E-state index contributed by atoms with van der Waals surface area (Å²) in [6.45, 7) is 3.89. The molecule has 4 aromatic heterocycles. The van der Waals surface area contributed by atoms with E-state index in [1.807, 2.05) is 19.9 Å². The van der Waals surface area contributed by atoms with Gasteiger partial charge in [-0.1, -0.05) is 11.6 Å². The lowest BCUT2D eigenvalue weighted by molar-refractivity contribution is -0.603. The minimum absolute atomic E-state index is 0.492. The summed E-state index contributed by atoms with van der Waals surface area (Å²) in [6, 6.07) is 3.71. The van der Waals surface area contributed by atoms with E-state index >= 15 is 0 Å². The lowest BCUT2D eigenvalue weighted by Gasteiger charge is -1.91. The smallest absolute Gasteiger partial charge is 0.207 e. The monoisotopic (exact) mass is 350 g/mol. The van der Waals surface area contributed by atoms with Gasteiger partial charge in [-0.3, -0.25) is 0 Å². The summed E-state index contributed by atoms with van der Waals surface area (Å²) >= 11 is 9.03. The largest absolute Gasteiger partial charge is 0.619 e. The predicted octanol–water partition coefficient (Wildman–Crippen LogP) is 3.89. The molecule has 0 aliphatic heterocycles. The van der Waals surface area contributed by atoms with Crippen molar-refractivity contribution in [2.75, 3.05) is 0 Å². The highest BCUT2D eigenvalue weighted by Gasteiger charge is 2.03. The zero-order valence-corrected chi connectivity index (χ0v) is 14.2. The van der Waals surface area contributed by atoms with Crippen molar-refractivity contribution >= 4 is 54.7 Å². The fourth-order valence-corrected chi connectivity index (χ4v) is 3.78. The van der Waals surface area contributed by atoms with Gasteiger partial charge in [0, 0.05) is 12.3 Å². The van der Waals surface area contributed by atoms with Gasteiger partial charge in [0.2, 0.25) is 6.20 Å². The third kappa shape index (κ3) is 3.16. The van der Waals surface area contributed by atoms with Crippen molar-refractivity contribution in [3.05, 3.63) is 51.1 Å². The molecule has 0 saturated carbocycles. The molecule has 8 heteroatoms. The van der Waals surface area contributed by atoms with E-state index in [4.69, 9.17) is 11.6 Å². The van der Waals surface area contributed by atoms with Crippen LogP contribution in [0.15, 0.2) is 30.7 Å². The summed E-state index contributed by atoms with van der Waals surface area (Å²) in [5.41, 5.74) is 1.60. The fraction of sp³-hybridized carbons (Fsp3) is 0.143. The summed E-state index contributed by atoms with van der Waals surface area (Å²) in [4.78, 5) is 12.3. The van der Waals surface area contributed by atoms with Crippen LogP contribution in [0.2, 0.25) is 5.15 Å². The molecule has 22 heavy (non-hydrogen) atoms. The molecule has 0 N–H and O–H groups in total. The maximum atomic E-state index is 10.8. The zero-order chi connectivity index (χ0) is 15.7. The van der Waals surface area contributed by atoms with Crippen LogP contribution in [-0.4, -0.2) is 15.0 Å². The van der Waals surface area contributed by atoms with Gasteiger partial charge in [0.15, 0.2) is 11.3 Å². The normalized spacial score (nSPS) is 10.7. The highest BCUT2D eigenvalue weighted by Crippen LogP contribution is 2.25. The number of rotatable bonds is 0. The molecule has 0 radical (unpaired) electrons. The van der Waals surface area contributed by atoms with E-state index in [1.165, 1.54) is 12.4 Å². The Bertz CT molecular complexity index is 950. The van der Waals surface area contributed by atoms with Gasteiger partial charge in [0.1, 0.15) is 11.0 Å². The Morgan fingerprint density at radius 2 is 1.82 bits per heavy atom. The summed E-state index contributed by atoms with van der Waals surface area (Å²) in [7, 11) is 0. The molecule has 0 aliphatic carbocycles. The van der Waals surface area contributed by atoms with Crippen LogP contribution in [0.1, 0.15) is 10.0 Å². The number of fused-ring (bicyclic) bond motifs is 2. The van der Waals surface area contributed by atoms with Gasteiger partial charge in [-0.25, -0.2) is 15.0 Å². The van der Waals surface area contributed by atoms with E-state index in [2.05, 4.69) is 15.0 Å². The van der Waals surface area contributed by atoms with Gasteiger partial charge in [0.05, 0.1) is 19.4 Å². The second kappa shape index (κ2) is 6.12. The minimum atomic E-state index is 0.492. The van der Waals surface area contributed by atoms with E-state index in [-0.39, 0.29) is 0 Å². The standard InChI is InChI=1S/C7H5ClN2S.C7H6N2OS/c1-4-10-6-5(11-4)2-3-9-7(6)8;1-5-8-6-4-9(10)3-2-7(6)11-5/h2-3H,1H3;2-4H,1H3. The number of nitrogens with zero attached hydrogens (tertiary/aromatic N) is 4. The van der Waals surface area contributed by atoms with Gasteiger partial charge in [0.25, 0.3) is 0 Å². The molecule has 0 amide bonds. The van der Waals surface area contributed by atoms with Crippen molar-refractivity contribution in [3.8, 4) is 0 Å². The maximum Gasteiger partial charge on any atom is 0.207 e. The predicted molar refractivity (Wildman–Crippen MR) is 90.5 cm³/mol. The van der Waals surface area contributed by atoms with E-state index in [9.17, 15) is 5.21 Å². The molecule has 0 aliphatic rings. The summed E-state index contributed by atoms with van der Waals surface area (Å²) in [5.74, 6) is 0. The van der Waals surface area contributed by atoms with Gasteiger partial charge in [-0.05, 0) is 19.9 Å². The van der Waals surface area contributed by atoms with Crippen LogP contribution in [0.4, 0.5) is 0 Å². The number of pyridine rings is 2. The summed E-state index contributed by atoms with van der Waals surface area (Å²) < 4.78 is 2.93. The number of aryl methyl sites for hydroxylation is 2. The topological polar surface area (TPSA) is 65.6 Å². The van der Waals surface area contributed by atoms with Crippen LogP contribution in [0.3, 0.4) is 0 Å². The number of hydrogen-bond donors (Lipinski definition) is 0. The molecule has 4 heterocycles. The number of thiazole rings is 2. The van der Waals surface area contributed by atoms with Crippen molar-refractivity contribution < 1.29 is 4.73 Å². The average molecular weight is 351 g/mol. The quantitative estimate of drug-likeness (QED) is 0.274. The second-order valence-electron chi connectivity index (χ2n) is 4.47. The second-order valence-corrected chi connectivity index (χ2v) is 7.30. The molecule has 0 atom stereocenters. The first-order chi connectivity index (χ1) is 10.5. The van der Waals surface area contributed by atoms with E-state index in [1.54, 1.807) is 34.9 Å². The molecular formula is C14H11ClN4OS2.